The Morgan fingerprint density at radius 2 is 2.24 bits per heavy atom. The molecule has 1 aromatic rings. The number of methoxy groups -OCH3 is 1. The smallest absolute Gasteiger partial charge is 0.0955 e. The van der Waals surface area contributed by atoms with Crippen LogP contribution in [0.2, 0.25) is 0 Å². The van der Waals surface area contributed by atoms with Gasteiger partial charge in [0.1, 0.15) is 0 Å². The summed E-state index contributed by atoms with van der Waals surface area (Å²) in [5.74, 6) is 0. The van der Waals surface area contributed by atoms with Gasteiger partial charge in [-0.15, -0.1) is 0 Å². The van der Waals surface area contributed by atoms with Crippen molar-refractivity contribution in [1.82, 2.24) is 14.9 Å². The van der Waals surface area contributed by atoms with Gasteiger partial charge in [0.25, 0.3) is 0 Å². The SMILES string of the molecule is COCCNCc1cn(C2(C)CCCC2)cn1. The first-order valence-corrected chi connectivity index (χ1v) is 6.48. The molecule has 17 heavy (non-hydrogen) atoms. The lowest BCUT2D eigenvalue weighted by atomic mass is 10.0. The van der Waals surface area contributed by atoms with Crippen molar-refractivity contribution in [3.8, 4) is 0 Å². The van der Waals surface area contributed by atoms with Crippen LogP contribution >= 0.6 is 0 Å². The number of nitrogens with zero attached hydrogens (tertiary/aromatic N) is 2. The molecule has 4 heteroatoms. The molecule has 96 valence electrons. The lowest BCUT2D eigenvalue weighted by Gasteiger charge is -2.25. The summed E-state index contributed by atoms with van der Waals surface area (Å²) in [4.78, 5) is 4.46. The second-order valence-corrected chi connectivity index (χ2v) is 5.15. The summed E-state index contributed by atoms with van der Waals surface area (Å²) in [7, 11) is 1.72. The lowest BCUT2D eigenvalue weighted by Crippen LogP contribution is -2.24. The van der Waals surface area contributed by atoms with Gasteiger partial charge in [-0.25, -0.2) is 4.98 Å². The van der Waals surface area contributed by atoms with E-state index in [-0.39, 0.29) is 0 Å². The van der Waals surface area contributed by atoms with Crippen molar-refractivity contribution in [2.24, 2.45) is 0 Å². The third kappa shape index (κ3) is 3.07. The Labute approximate surface area is 103 Å². The predicted octanol–water partition coefficient (Wildman–Crippen LogP) is 1.91. The molecule has 4 nitrogen and oxygen atoms in total. The van der Waals surface area contributed by atoms with Gasteiger partial charge in [-0.2, -0.15) is 0 Å². The summed E-state index contributed by atoms with van der Waals surface area (Å²) in [5, 5.41) is 3.32. The molecule has 0 amide bonds. The Bertz CT molecular complexity index is 342. The minimum atomic E-state index is 0.303. The van der Waals surface area contributed by atoms with E-state index in [1.807, 2.05) is 6.33 Å². The number of imidazole rings is 1. The van der Waals surface area contributed by atoms with Crippen LogP contribution in [-0.4, -0.2) is 29.8 Å². The highest BCUT2D eigenvalue weighted by Crippen LogP contribution is 2.35. The maximum atomic E-state index is 4.99. The van der Waals surface area contributed by atoms with Crippen LogP contribution in [0.4, 0.5) is 0 Å². The summed E-state index contributed by atoms with van der Waals surface area (Å²) in [6.07, 6.45) is 9.41. The Morgan fingerprint density at radius 3 is 2.94 bits per heavy atom. The van der Waals surface area contributed by atoms with E-state index in [0.717, 1.165) is 25.4 Å². The zero-order chi connectivity index (χ0) is 12.1. The Kier molecular flexibility index (Phi) is 4.18. The molecule has 1 heterocycles. The second kappa shape index (κ2) is 5.65. The molecule has 0 bridgehead atoms. The van der Waals surface area contributed by atoms with E-state index < -0.39 is 0 Å². The van der Waals surface area contributed by atoms with Crippen LogP contribution in [0.25, 0.3) is 0 Å². The molecule has 0 radical (unpaired) electrons. The molecule has 1 N–H and O–H groups in total. The third-order valence-corrected chi connectivity index (χ3v) is 3.73. The van der Waals surface area contributed by atoms with Crippen molar-refractivity contribution in [1.29, 1.82) is 0 Å². The summed E-state index contributed by atoms with van der Waals surface area (Å²) in [6, 6.07) is 0. The van der Waals surface area contributed by atoms with E-state index in [2.05, 4.69) is 28.0 Å². The fourth-order valence-corrected chi connectivity index (χ4v) is 2.54. The van der Waals surface area contributed by atoms with E-state index in [9.17, 15) is 0 Å². The first kappa shape index (κ1) is 12.6. The van der Waals surface area contributed by atoms with Gasteiger partial charge < -0.3 is 14.6 Å². The van der Waals surface area contributed by atoms with Crippen LogP contribution in [0, 0.1) is 0 Å². The Morgan fingerprint density at radius 1 is 1.47 bits per heavy atom. The standard InChI is InChI=1S/C13H23N3O/c1-13(5-3-4-6-13)16-10-12(15-11-16)9-14-7-8-17-2/h10-11,14H,3-9H2,1-2H3. The normalized spacial score (nSPS) is 18.7. The fourth-order valence-electron chi connectivity index (χ4n) is 2.54. The minimum absolute atomic E-state index is 0.303. The van der Waals surface area contributed by atoms with Crippen LogP contribution in [0.1, 0.15) is 38.3 Å². The molecule has 0 aromatic carbocycles. The number of nitrogens with one attached hydrogen (secondary N) is 1. The molecule has 0 aliphatic heterocycles. The Hall–Kier alpha value is -0.870. The van der Waals surface area contributed by atoms with Gasteiger partial charge in [0.05, 0.1) is 18.6 Å². The van der Waals surface area contributed by atoms with Crippen LogP contribution < -0.4 is 5.32 Å². The molecule has 2 rings (SSSR count). The van der Waals surface area contributed by atoms with E-state index in [1.165, 1.54) is 25.7 Å². The summed E-state index contributed by atoms with van der Waals surface area (Å²) in [6.45, 7) is 4.79. The molecule has 0 atom stereocenters. The highest BCUT2D eigenvalue weighted by atomic mass is 16.5. The van der Waals surface area contributed by atoms with Crippen molar-refractivity contribution >= 4 is 0 Å². The quantitative estimate of drug-likeness (QED) is 0.768. The highest BCUT2D eigenvalue weighted by Gasteiger charge is 2.30. The number of hydrogen-bond acceptors (Lipinski definition) is 3. The molecule has 1 aliphatic carbocycles. The monoisotopic (exact) mass is 237 g/mol. The molecule has 1 fully saturated rings. The molecule has 0 spiro atoms. The topological polar surface area (TPSA) is 39.1 Å². The molecule has 1 aromatic heterocycles. The van der Waals surface area contributed by atoms with E-state index >= 15 is 0 Å². The van der Waals surface area contributed by atoms with Gasteiger partial charge in [0.2, 0.25) is 0 Å². The van der Waals surface area contributed by atoms with Crippen LogP contribution in [-0.2, 0) is 16.8 Å². The highest BCUT2D eigenvalue weighted by molar-refractivity contribution is 5.01. The summed E-state index contributed by atoms with van der Waals surface area (Å²) >= 11 is 0. The number of hydrogen-bond donors (Lipinski definition) is 1. The first-order valence-electron chi connectivity index (χ1n) is 6.48. The average molecular weight is 237 g/mol. The molecule has 0 unspecified atom stereocenters. The van der Waals surface area contributed by atoms with Crippen molar-refractivity contribution in [2.75, 3.05) is 20.3 Å². The number of rotatable bonds is 6. The van der Waals surface area contributed by atoms with Crippen LogP contribution in [0.15, 0.2) is 12.5 Å². The van der Waals surface area contributed by atoms with Crippen molar-refractivity contribution in [3.05, 3.63) is 18.2 Å². The molecule has 1 saturated carbocycles. The van der Waals surface area contributed by atoms with Gasteiger partial charge in [-0.1, -0.05) is 12.8 Å². The number of aromatic nitrogens is 2. The Balaban J connectivity index is 1.87. The van der Waals surface area contributed by atoms with Crippen molar-refractivity contribution < 1.29 is 4.74 Å². The molecular weight excluding hydrogens is 214 g/mol. The van der Waals surface area contributed by atoms with Gasteiger partial charge in [0, 0.05) is 31.9 Å². The zero-order valence-corrected chi connectivity index (χ0v) is 10.9. The molecule has 0 saturated heterocycles. The van der Waals surface area contributed by atoms with E-state index in [4.69, 9.17) is 4.74 Å². The second-order valence-electron chi connectivity index (χ2n) is 5.15. The first-order chi connectivity index (χ1) is 8.24. The third-order valence-electron chi connectivity index (χ3n) is 3.73. The summed E-state index contributed by atoms with van der Waals surface area (Å²) < 4.78 is 7.29. The lowest BCUT2D eigenvalue weighted by molar-refractivity contribution is 0.199. The van der Waals surface area contributed by atoms with Gasteiger partial charge in [0.15, 0.2) is 0 Å². The van der Waals surface area contributed by atoms with Crippen LogP contribution in [0.3, 0.4) is 0 Å². The van der Waals surface area contributed by atoms with Gasteiger partial charge >= 0.3 is 0 Å². The zero-order valence-electron chi connectivity index (χ0n) is 10.9. The van der Waals surface area contributed by atoms with Gasteiger partial charge in [-0.3, -0.25) is 0 Å². The largest absolute Gasteiger partial charge is 0.383 e. The van der Waals surface area contributed by atoms with Gasteiger partial charge in [-0.05, 0) is 19.8 Å². The number of ether oxygens (including phenoxy) is 1. The average Bonchev–Trinajstić information content (AvgIpc) is 2.94. The van der Waals surface area contributed by atoms with Crippen molar-refractivity contribution in [2.45, 2.75) is 44.7 Å². The fraction of sp³-hybridized carbons (Fsp3) is 0.769. The van der Waals surface area contributed by atoms with E-state index in [1.54, 1.807) is 7.11 Å². The molecule has 1 aliphatic rings. The maximum Gasteiger partial charge on any atom is 0.0955 e. The minimum Gasteiger partial charge on any atom is -0.383 e. The van der Waals surface area contributed by atoms with E-state index in [0.29, 0.717) is 5.54 Å². The predicted molar refractivity (Wildman–Crippen MR) is 67.9 cm³/mol. The summed E-state index contributed by atoms with van der Waals surface area (Å²) in [5.41, 5.74) is 1.42. The van der Waals surface area contributed by atoms with Crippen LogP contribution in [0.5, 0.6) is 0 Å². The maximum absolute atomic E-state index is 4.99. The molecular formula is C13H23N3O. The van der Waals surface area contributed by atoms with Crippen molar-refractivity contribution in [3.63, 3.8) is 0 Å².